The third-order valence-electron chi connectivity index (χ3n) is 1.43. The fraction of sp³-hybridized carbons (Fsp3) is 0.143. The largest absolute Gasteiger partial charge is 0.270 e. The van der Waals surface area contributed by atoms with Crippen molar-refractivity contribution in [3.05, 3.63) is 38.3 Å². The van der Waals surface area contributed by atoms with Crippen LogP contribution in [0.4, 0.5) is 5.69 Å². The van der Waals surface area contributed by atoms with E-state index in [-0.39, 0.29) is 9.42 Å². The zero-order chi connectivity index (χ0) is 10.0. The second-order valence-corrected chi connectivity index (χ2v) is 6.18. The molecule has 6 heteroatoms. The molecule has 1 rings (SSSR count). The Morgan fingerprint density at radius 3 is 2.38 bits per heavy atom. The number of halogens is 3. The molecule has 0 aliphatic rings. The van der Waals surface area contributed by atoms with Gasteiger partial charge in [0.05, 0.1) is 8.66 Å². The number of alkyl halides is 2. The molecule has 0 N–H and O–H groups in total. The van der Waals surface area contributed by atoms with Gasteiger partial charge in [-0.15, -0.1) is 0 Å². The van der Waals surface area contributed by atoms with Crippen LogP contribution in [-0.2, 0) is 0 Å². The Morgan fingerprint density at radius 2 is 2.00 bits per heavy atom. The minimum Gasteiger partial charge on any atom is -0.258 e. The third-order valence-corrected chi connectivity index (χ3v) is 3.10. The van der Waals surface area contributed by atoms with Crippen LogP contribution in [-0.4, -0.2) is 4.92 Å². The van der Waals surface area contributed by atoms with Gasteiger partial charge in [0.15, 0.2) is 0 Å². The Balaban J connectivity index is 3.13. The van der Waals surface area contributed by atoms with E-state index >= 15 is 0 Å². The predicted octanol–water partition coefficient (Wildman–Crippen LogP) is 4.15. The van der Waals surface area contributed by atoms with Gasteiger partial charge in [0, 0.05) is 16.6 Å². The second kappa shape index (κ2) is 4.52. The quantitative estimate of drug-likeness (QED) is 0.444. The van der Waals surface area contributed by atoms with Crippen LogP contribution in [0.3, 0.4) is 0 Å². The first-order valence-electron chi connectivity index (χ1n) is 3.24. The summed E-state index contributed by atoms with van der Waals surface area (Å²) in [5.41, 5.74) is 1.00. The minimum atomic E-state index is -0.425. The Kier molecular flexibility index (Phi) is 3.87. The number of hydrogen-bond acceptors (Lipinski definition) is 2. The van der Waals surface area contributed by atoms with Crippen molar-refractivity contribution in [2.24, 2.45) is 0 Å². The lowest BCUT2D eigenvalue weighted by Gasteiger charge is -2.04. The molecule has 1 aromatic carbocycles. The van der Waals surface area contributed by atoms with Gasteiger partial charge in [0.25, 0.3) is 5.69 Å². The van der Waals surface area contributed by atoms with E-state index in [1.807, 2.05) is 0 Å². The first kappa shape index (κ1) is 11.1. The highest BCUT2D eigenvalue weighted by Crippen LogP contribution is 2.35. The molecule has 13 heavy (non-hydrogen) atoms. The molecule has 0 aliphatic carbocycles. The van der Waals surface area contributed by atoms with Crippen molar-refractivity contribution in [2.75, 3.05) is 0 Å². The summed E-state index contributed by atoms with van der Waals surface area (Å²) in [6, 6.07) is 4.64. The molecule has 0 aliphatic heterocycles. The molecule has 0 saturated carbocycles. The Morgan fingerprint density at radius 1 is 1.38 bits per heavy atom. The zero-order valence-corrected chi connectivity index (χ0v) is 11.0. The van der Waals surface area contributed by atoms with Crippen molar-refractivity contribution in [2.45, 2.75) is 3.74 Å². The summed E-state index contributed by atoms with van der Waals surface area (Å²) in [5.74, 6) is 0. The van der Waals surface area contributed by atoms with Gasteiger partial charge >= 0.3 is 0 Å². The normalized spacial score (nSPS) is 10.5. The van der Waals surface area contributed by atoms with Gasteiger partial charge in [0.1, 0.15) is 0 Å². The predicted molar refractivity (Wildman–Crippen MR) is 61.4 cm³/mol. The van der Waals surface area contributed by atoms with E-state index < -0.39 is 4.92 Å². The van der Waals surface area contributed by atoms with Crippen molar-refractivity contribution in [3.63, 3.8) is 0 Å². The number of nitrogens with zero attached hydrogens (tertiary/aromatic N) is 1. The molecule has 0 aromatic heterocycles. The smallest absolute Gasteiger partial charge is 0.258 e. The molecule has 0 heterocycles. The first-order valence-corrected chi connectivity index (χ1v) is 5.87. The van der Waals surface area contributed by atoms with Crippen molar-refractivity contribution in [1.82, 2.24) is 0 Å². The van der Waals surface area contributed by atoms with Crippen LogP contribution < -0.4 is 0 Å². The maximum Gasteiger partial charge on any atom is 0.270 e. The van der Waals surface area contributed by atoms with Crippen molar-refractivity contribution in [3.8, 4) is 0 Å². The molecule has 0 amide bonds. The molecule has 0 unspecified atom stereocenters. The highest BCUT2D eigenvalue weighted by Gasteiger charge is 2.12. The SMILES string of the molecule is O=[N+]([O-])c1ccc(C(Br)Br)c(Br)c1. The standard InChI is InChI=1S/C7H4Br3NO2/c8-6-3-4(11(12)13)1-2-5(6)7(9)10/h1-3,7H. The highest BCUT2D eigenvalue weighted by molar-refractivity contribution is 9.24. The fourth-order valence-electron chi connectivity index (χ4n) is 0.807. The molecule has 0 radical (unpaired) electrons. The van der Waals surface area contributed by atoms with Gasteiger partial charge < -0.3 is 0 Å². The lowest BCUT2D eigenvalue weighted by molar-refractivity contribution is -0.384. The van der Waals surface area contributed by atoms with Crippen LogP contribution in [0.1, 0.15) is 9.30 Å². The van der Waals surface area contributed by atoms with E-state index in [9.17, 15) is 10.1 Å². The third kappa shape index (κ3) is 2.75. The molecule has 0 bridgehead atoms. The number of hydrogen-bond donors (Lipinski definition) is 0. The summed E-state index contributed by atoms with van der Waals surface area (Å²) in [6.45, 7) is 0. The van der Waals surface area contributed by atoms with E-state index in [2.05, 4.69) is 47.8 Å². The Hall–Kier alpha value is 0.0600. The van der Waals surface area contributed by atoms with Crippen LogP contribution in [0.15, 0.2) is 22.7 Å². The topological polar surface area (TPSA) is 43.1 Å². The number of nitro groups is 1. The van der Waals surface area contributed by atoms with E-state index in [1.165, 1.54) is 12.1 Å². The van der Waals surface area contributed by atoms with Crippen molar-refractivity contribution < 1.29 is 4.92 Å². The Labute approximate surface area is 100 Å². The van der Waals surface area contributed by atoms with Crippen LogP contribution in [0, 0.1) is 10.1 Å². The van der Waals surface area contributed by atoms with Gasteiger partial charge in [-0.1, -0.05) is 47.8 Å². The molecule has 1 aromatic rings. The molecule has 70 valence electrons. The van der Waals surface area contributed by atoms with E-state index in [0.29, 0.717) is 4.47 Å². The number of non-ortho nitro benzene ring substituents is 1. The van der Waals surface area contributed by atoms with Crippen molar-refractivity contribution in [1.29, 1.82) is 0 Å². The lowest BCUT2D eigenvalue weighted by atomic mass is 10.2. The molecule has 0 atom stereocenters. The maximum atomic E-state index is 10.4. The minimum absolute atomic E-state index is 0.00446. The van der Waals surface area contributed by atoms with Gasteiger partial charge in [-0.2, -0.15) is 0 Å². The van der Waals surface area contributed by atoms with Crippen LogP contribution in [0.2, 0.25) is 0 Å². The molecular weight excluding hydrogens is 370 g/mol. The second-order valence-electron chi connectivity index (χ2n) is 2.26. The summed E-state index contributed by atoms with van der Waals surface area (Å²) in [6.07, 6.45) is 0. The van der Waals surface area contributed by atoms with Gasteiger partial charge in [-0.05, 0) is 11.6 Å². The molecule has 3 nitrogen and oxygen atoms in total. The van der Waals surface area contributed by atoms with Crippen LogP contribution in [0.5, 0.6) is 0 Å². The van der Waals surface area contributed by atoms with Crippen LogP contribution in [0.25, 0.3) is 0 Å². The van der Waals surface area contributed by atoms with Crippen molar-refractivity contribution >= 4 is 53.5 Å². The summed E-state index contributed by atoms with van der Waals surface area (Å²) < 4.78 is 0.704. The van der Waals surface area contributed by atoms with Gasteiger partial charge in [0.2, 0.25) is 0 Å². The average molecular weight is 374 g/mol. The lowest BCUT2D eigenvalue weighted by Crippen LogP contribution is -1.90. The zero-order valence-electron chi connectivity index (χ0n) is 6.21. The molecule has 0 spiro atoms. The maximum absolute atomic E-state index is 10.4. The Bertz CT molecular complexity index is 341. The van der Waals surface area contributed by atoms with E-state index in [1.54, 1.807) is 6.07 Å². The van der Waals surface area contributed by atoms with Gasteiger partial charge in [-0.25, -0.2) is 0 Å². The summed E-state index contributed by atoms with van der Waals surface area (Å²) in [5, 5.41) is 10.4. The van der Waals surface area contributed by atoms with Crippen LogP contribution >= 0.6 is 47.8 Å². The molecular formula is C7H4Br3NO2. The molecule has 0 saturated heterocycles. The van der Waals surface area contributed by atoms with E-state index in [0.717, 1.165) is 5.56 Å². The summed E-state index contributed by atoms with van der Waals surface area (Å²) >= 11 is 9.87. The number of rotatable bonds is 2. The monoisotopic (exact) mass is 371 g/mol. The first-order chi connectivity index (χ1) is 6.02. The fourth-order valence-corrected chi connectivity index (χ4v) is 2.82. The van der Waals surface area contributed by atoms with E-state index in [4.69, 9.17) is 0 Å². The van der Waals surface area contributed by atoms with Gasteiger partial charge in [-0.3, -0.25) is 10.1 Å². The number of benzene rings is 1. The average Bonchev–Trinajstić information content (AvgIpc) is 2.03. The number of nitro benzene ring substituents is 1. The highest BCUT2D eigenvalue weighted by atomic mass is 79.9. The molecule has 0 fully saturated rings. The summed E-state index contributed by atoms with van der Waals surface area (Å²) in [7, 11) is 0. The summed E-state index contributed by atoms with van der Waals surface area (Å²) in [4.78, 5) is 9.97.